The number of hydrogen-bond acceptors (Lipinski definition) is 5. The van der Waals surface area contributed by atoms with Crippen molar-refractivity contribution in [1.82, 2.24) is 0 Å². The number of carbonyl (C=O) groups is 2. The Morgan fingerprint density at radius 1 is 1.25 bits per heavy atom. The van der Waals surface area contributed by atoms with Crippen LogP contribution in [0.1, 0.15) is 42.6 Å². The summed E-state index contributed by atoms with van der Waals surface area (Å²) in [5, 5.41) is 1.75. The van der Waals surface area contributed by atoms with Gasteiger partial charge in [0.1, 0.15) is 10.2 Å². The molecule has 146 valence electrons. The van der Waals surface area contributed by atoms with E-state index in [4.69, 9.17) is 14.2 Å². The maximum absolute atomic E-state index is 13.1. The smallest absolute Gasteiger partial charge is 0.345 e. The van der Waals surface area contributed by atoms with Crippen molar-refractivity contribution in [2.45, 2.75) is 32.3 Å². The first-order valence-electron chi connectivity index (χ1n) is 9.28. The van der Waals surface area contributed by atoms with E-state index in [-0.39, 0.29) is 12.4 Å². The predicted octanol–water partition coefficient (Wildman–Crippen LogP) is 4.86. The van der Waals surface area contributed by atoms with E-state index in [2.05, 4.69) is 29.8 Å². The Kier molecular flexibility index (Phi) is 4.70. The first-order valence-corrected chi connectivity index (χ1v) is 10.1. The molecule has 1 aliphatic carbocycles. The summed E-state index contributed by atoms with van der Waals surface area (Å²) in [6.07, 6.45) is 1.33. The Bertz CT molecular complexity index is 1020. The van der Waals surface area contributed by atoms with Crippen LogP contribution >= 0.6 is 15.9 Å². The van der Waals surface area contributed by atoms with Crippen molar-refractivity contribution in [1.29, 1.82) is 0 Å². The third kappa shape index (κ3) is 2.82. The lowest BCUT2D eigenvalue weighted by atomic mass is 9.76. The van der Waals surface area contributed by atoms with Gasteiger partial charge in [-0.05, 0) is 58.3 Å². The number of esters is 1. The van der Waals surface area contributed by atoms with Crippen molar-refractivity contribution in [3.63, 3.8) is 0 Å². The third-order valence-corrected chi connectivity index (χ3v) is 6.06. The summed E-state index contributed by atoms with van der Waals surface area (Å²) in [4.78, 5) is 25.3. The molecule has 1 aliphatic heterocycles. The Labute approximate surface area is 171 Å². The van der Waals surface area contributed by atoms with Crippen molar-refractivity contribution in [2.75, 3.05) is 13.7 Å². The minimum absolute atomic E-state index is 0.173. The summed E-state index contributed by atoms with van der Waals surface area (Å²) in [7, 11) is 1.61. The Balaban J connectivity index is 2.02. The lowest BCUT2D eigenvalue weighted by Crippen LogP contribution is -2.45. The van der Waals surface area contributed by atoms with Gasteiger partial charge in [-0.2, -0.15) is 0 Å². The molecule has 2 aromatic rings. The maximum atomic E-state index is 13.1. The summed E-state index contributed by atoms with van der Waals surface area (Å²) >= 11 is 3.41. The van der Waals surface area contributed by atoms with Crippen LogP contribution < -0.4 is 4.74 Å². The molecule has 5 nitrogen and oxygen atoms in total. The van der Waals surface area contributed by atoms with Crippen LogP contribution in [0.4, 0.5) is 0 Å². The standard InChI is InChI=1S/C22H21BrO5/c1-12(2)7-8-22-16-10-14-13(5-4-6-17(14)26-3)9-15(16)20(25)19(23)21(22)27-11-18(24)28-22/h4-6,9-10,12H,7-8,11H2,1-3H3/t22-/m0/s1. The van der Waals surface area contributed by atoms with Crippen LogP contribution in [0.5, 0.6) is 5.75 Å². The van der Waals surface area contributed by atoms with E-state index < -0.39 is 11.6 Å². The summed E-state index contributed by atoms with van der Waals surface area (Å²) in [6, 6.07) is 9.44. The highest BCUT2D eigenvalue weighted by Gasteiger charge is 2.52. The number of allylic oxidation sites excluding steroid dienone is 1. The molecule has 4 rings (SSSR count). The molecule has 0 bridgehead atoms. The zero-order valence-electron chi connectivity index (χ0n) is 16.0. The van der Waals surface area contributed by atoms with E-state index in [9.17, 15) is 9.59 Å². The molecule has 0 saturated carbocycles. The molecular formula is C22H21BrO5. The lowest BCUT2D eigenvalue weighted by Gasteiger charge is -2.42. The fraction of sp³-hybridized carbons (Fsp3) is 0.364. The number of carbonyl (C=O) groups excluding carboxylic acids is 2. The van der Waals surface area contributed by atoms with Crippen LogP contribution in [0, 0.1) is 5.92 Å². The molecule has 6 heteroatoms. The van der Waals surface area contributed by atoms with E-state index >= 15 is 0 Å². The van der Waals surface area contributed by atoms with E-state index in [1.54, 1.807) is 7.11 Å². The van der Waals surface area contributed by atoms with Gasteiger partial charge >= 0.3 is 5.97 Å². The quantitative estimate of drug-likeness (QED) is 0.630. The Hall–Kier alpha value is -2.34. The van der Waals surface area contributed by atoms with Gasteiger partial charge in [0.15, 0.2) is 18.0 Å². The molecule has 2 aromatic carbocycles. The number of methoxy groups -OCH3 is 1. The molecular weight excluding hydrogens is 424 g/mol. The second kappa shape index (κ2) is 6.92. The first-order chi connectivity index (χ1) is 13.4. The van der Waals surface area contributed by atoms with Crippen molar-refractivity contribution in [3.8, 4) is 5.75 Å². The van der Waals surface area contributed by atoms with Gasteiger partial charge < -0.3 is 14.2 Å². The van der Waals surface area contributed by atoms with Crippen LogP contribution in [-0.4, -0.2) is 25.5 Å². The number of halogens is 1. The van der Waals surface area contributed by atoms with Gasteiger partial charge in [0.2, 0.25) is 5.78 Å². The largest absolute Gasteiger partial charge is 0.496 e. The van der Waals surface area contributed by atoms with Gasteiger partial charge in [-0.15, -0.1) is 0 Å². The number of ketones is 1. The van der Waals surface area contributed by atoms with E-state index in [0.717, 1.165) is 17.2 Å². The maximum Gasteiger partial charge on any atom is 0.345 e. The zero-order chi connectivity index (χ0) is 20.1. The van der Waals surface area contributed by atoms with E-state index in [1.807, 2.05) is 30.3 Å². The van der Waals surface area contributed by atoms with Crippen molar-refractivity contribution < 1.29 is 23.8 Å². The summed E-state index contributed by atoms with van der Waals surface area (Å²) < 4.78 is 17.5. The number of fused-ring (bicyclic) bond motifs is 4. The first kappa shape index (κ1) is 19.0. The van der Waals surface area contributed by atoms with Gasteiger partial charge in [0.05, 0.1) is 7.11 Å². The molecule has 1 atom stereocenters. The van der Waals surface area contributed by atoms with Crippen LogP contribution in [0.25, 0.3) is 10.8 Å². The molecule has 1 fully saturated rings. The van der Waals surface area contributed by atoms with Crippen molar-refractivity contribution >= 4 is 38.5 Å². The highest BCUT2D eigenvalue weighted by molar-refractivity contribution is 9.12. The highest BCUT2D eigenvalue weighted by atomic mass is 79.9. The van der Waals surface area contributed by atoms with Gasteiger partial charge in [0.25, 0.3) is 0 Å². The van der Waals surface area contributed by atoms with Crippen LogP contribution in [-0.2, 0) is 19.9 Å². The second-order valence-corrected chi connectivity index (χ2v) is 8.37. The lowest BCUT2D eigenvalue weighted by molar-refractivity contribution is -0.180. The summed E-state index contributed by atoms with van der Waals surface area (Å²) in [6.45, 7) is 4.02. The topological polar surface area (TPSA) is 61.8 Å². The van der Waals surface area contributed by atoms with Crippen molar-refractivity contribution in [2.24, 2.45) is 5.92 Å². The molecule has 28 heavy (non-hydrogen) atoms. The van der Waals surface area contributed by atoms with Crippen molar-refractivity contribution in [3.05, 3.63) is 51.7 Å². The molecule has 0 N–H and O–H groups in total. The number of ether oxygens (including phenoxy) is 3. The van der Waals surface area contributed by atoms with E-state index in [1.165, 1.54) is 0 Å². The molecule has 0 radical (unpaired) electrons. The van der Waals surface area contributed by atoms with Crippen LogP contribution in [0.2, 0.25) is 0 Å². The highest BCUT2D eigenvalue weighted by Crippen LogP contribution is 2.51. The molecule has 1 heterocycles. The molecule has 2 aliphatic rings. The fourth-order valence-electron chi connectivity index (χ4n) is 3.94. The Morgan fingerprint density at radius 3 is 2.75 bits per heavy atom. The van der Waals surface area contributed by atoms with Gasteiger partial charge in [-0.25, -0.2) is 4.79 Å². The minimum Gasteiger partial charge on any atom is -0.496 e. The number of benzene rings is 2. The Morgan fingerprint density at radius 2 is 2.04 bits per heavy atom. The molecule has 0 spiro atoms. The van der Waals surface area contributed by atoms with Gasteiger partial charge in [-0.1, -0.05) is 26.0 Å². The number of hydrogen-bond donors (Lipinski definition) is 0. The SMILES string of the molecule is COc1cccc2cc3c(cc12)[C@]1(CCC(C)C)OC(=O)COC1=C(Br)C3=O. The van der Waals surface area contributed by atoms with Gasteiger partial charge in [0, 0.05) is 16.5 Å². The third-order valence-electron chi connectivity index (χ3n) is 5.34. The summed E-state index contributed by atoms with van der Waals surface area (Å²) in [5.41, 5.74) is 0.0522. The zero-order valence-corrected chi connectivity index (χ0v) is 17.6. The minimum atomic E-state index is -1.11. The number of Topliss-reactive ketones (excluding diaryl/α,β-unsaturated/α-hetero) is 1. The second-order valence-electron chi connectivity index (χ2n) is 7.57. The molecule has 0 amide bonds. The normalized spacial score (nSPS) is 21.3. The summed E-state index contributed by atoms with van der Waals surface area (Å²) in [5.74, 6) is 0.872. The monoisotopic (exact) mass is 444 g/mol. The fourth-order valence-corrected chi connectivity index (χ4v) is 4.59. The van der Waals surface area contributed by atoms with E-state index in [0.29, 0.717) is 39.5 Å². The molecule has 0 aromatic heterocycles. The predicted molar refractivity (Wildman–Crippen MR) is 109 cm³/mol. The average molecular weight is 445 g/mol. The molecule has 1 saturated heterocycles. The average Bonchev–Trinajstić information content (AvgIpc) is 2.69. The van der Waals surface area contributed by atoms with Crippen LogP contribution in [0.15, 0.2) is 40.6 Å². The number of rotatable bonds is 4. The molecule has 0 unspecified atom stereocenters. The van der Waals surface area contributed by atoms with Crippen LogP contribution in [0.3, 0.4) is 0 Å². The van der Waals surface area contributed by atoms with Gasteiger partial charge in [-0.3, -0.25) is 4.79 Å².